The summed E-state index contributed by atoms with van der Waals surface area (Å²) in [5.41, 5.74) is 0. The van der Waals surface area contributed by atoms with Gasteiger partial charge in [-0.05, 0) is 20.3 Å². The van der Waals surface area contributed by atoms with Gasteiger partial charge in [-0.2, -0.15) is 13.2 Å². The van der Waals surface area contributed by atoms with Gasteiger partial charge in [-0.1, -0.05) is 0 Å². The van der Waals surface area contributed by atoms with Crippen LogP contribution in [0, 0.1) is 0 Å². The molecule has 17 heavy (non-hydrogen) atoms. The number of hydrogen-bond acceptors (Lipinski definition) is 2. The minimum absolute atomic E-state index is 0.0640. The van der Waals surface area contributed by atoms with Gasteiger partial charge in [0.1, 0.15) is 6.61 Å². The average molecular weight is 255 g/mol. The van der Waals surface area contributed by atoms with Crippen LogP contribution >= 0.6 is 0 Å². The first-order chi connectivity index (χ1) is 7.99. The molecule has 0 unspecified atom stereocenters. The van der Waals surface area contributed by atoms with Crippen molar-refractivity contribution >= 4 is 5.96 Å². The average Bonchev–Trinajstić information content (AvgIpc) is 2.22. The van der Waals surface area contributed by atoms with Crippen molar-refractivity contribution in [3.8, 4) is 0 Å². The van der Waals surface area contributed by atoms with E-state index < -0.39 is 12.8 Å². The van der Waals surface area contributed by atoms with Crippen molar-refractivity contribution in [2.45, 2.75) is 26.4 Å². The molecule has 0 heterocycles. The number of rotatable bonds is 7. The highest BCUT2D eigenvalue weighted by Gasteiger charge is 2.27. The van der Waals surface area contributed by atoms with Crippen LogP contribution in [0.2, 0.25) is 0 Å². The van der Waals surface area contributed by atoms with Crippen molar-refractivity contribution in [2.24, 2.45) is 4.99 Å². The maximum absolute atomic E-state index is 11.7. The molecule has 0 aromatic heterocycles. The van der Waals surface area contributed by atoms with Crippen molar-refractivity contribution in [2.75, 3.05) is 32.8 Å². The summed E-state index contributed by atoms with van der Waals surface area (Å²) in [5.74, 6) is 0.672. The van der Waals surface area contributed by atoms with Crippen LogP contribution in [0.15, 0.2) is 4.99 Å². The SMILES string of the molecule is CCNC(=NCCCOCC(F)(F)F)NCC. The van der Waals surface area contributed by atoms with Crippen molar-refractivity contribution < 1.29 is 17.9 Å². The van der Waals surface area contributed by atoms with E-state index in [1.54, 1.807) is 0 Å². The molecule has 4 nitrogen and oxygen atoms in total. The van der Waals surface area contributed by atoms with Gasteiger partial charge < -0.3 is 15.4 Å². The van der Waals surface area contributed by atoms with Crippen LogP contribution in [-0.2, 0) is 4.74 Å². The Labute approximate surface area is 99.6 Å². The lowest BCUT2D eigenvalue weighted by Gasteiger charge is -2.09. The molecular formula is C10H20F3N3O. The summed E-state index contributed by atoms with van der Waals surface area (Å²) in [6, 6.07) is 0. The highest BCUT2D eigenvalue weighted by atomic mass is 19.4. The van der Waals surface area contributed by atoms with E-state index >= 15 is 0 Å². The van der Waals surface area contributed by atoms with Crippen LogP contribution in [-0.4, -0.2) is 45.0 Å². The van der Waals surface area contributed by atoms with Crippen LogP contribution < -0.4 is 10.6 Å². The lowest BCUT2D eigenvalue weighted by atomic mass is 10.4. The molecule has 0 spiro atoms. The van der Waals surface area contributed by atoms with Gasteiger partial charge in [-0.3, -0.25) is 4.99 Å². The van der Waals surface area contributed by atoms with Crippen LogP contribution in [0.1, 0.15) is 20.3 Å². The second-order valence-electron chi connectivity index (χ2n) is 3.31. The van der Waals surface area contributed by atoms with Gasteiger partial charge in [0.05, 0.1) is 0 Å². The van der Waals surface area contributed by atoms with E-state index in [1.807, 2.05) is 13.8 Å². The van der Waals surface area contributed by atoms with Crippen LogP contribution in [0.25, 0.3) is 0 Å². The summed E-state index contributed by atoms with van der Waals surface area (Å²) in [6.07, 6.45) is -3.78. The van der Waals surface area contributed by atoms with Crippen LogP contribution in [0.5, 0.6) is 0 Å². The number of halogens is 3. The van der Waals surface area contributed by atoms with E-state index in [0.717, 1.165) is 13.1 Å². The Morgan fingerprint density at radius 1 is 1.18 bits per heavy atom. The Bertz CT molecular complexity index is 211. The highest BCUT2D eigenvalue weighted by Crippen LogP contribution is 2.14. The molecule has 2 N–H and O–H groups in total. The molecule has 0 radical (unpaired) electrons. The van der Waals surface area contributed by atoms with E-state index in [0.29, 0.717) is 18.9 Å². The molecule has 0 amide bonds. The molecular weight excluding hydrogens is 235 g/mol. The van der Waals surface area contributed by atoms with Crippen molar-refractivity contribution in [1.29, 1.82) is 0 Å². The van der Waals surface area contributed by atoms with Crippen molar-refractivity contribution in [3.63, 3.8) is 0 Å². The number of ether oxygens (including phenoxy) is 1. The highest BCUT2D eigenvalue weighted by molar-refractivity contribution is 5.79. The molecule has 0 bridgehead atoms. The Hall–Kier alpha value is -0.980. The molecule has 0 aromatic carbocycles. The zero-order valence-corrected chi connectivity index (χ0v) is 10.2. The predicted octanol–water partition coefficient (Wildman–Crippen LogP) is 1.53. The largest absolute Gasteiger partial charge is 0.411 e. The number of hydrogen-bond donors (Lipinski definition) is 2. The second kappa shape index (κ2) is 9.09. The van der Waals surface area contributed by atoms with E-state index in [9.17, 15) is 13.2 Å². The van der Waals surface area contributed by atoms with E-state index in [4.69, 9.17) is 0 Å². The quantitative estimate of drug-likeness (QED) is 0.412. The Kier molecular flexibility index (Phi) is 8.57. The molecule has 0 saturated carbocycles. The Morgan fingerprint density at radius 3 is 2.24 bits per heavy atom. The van der Waals surface area contributed by atoms with E-state index in [2.05, 4.69) is 20.4 Å². The summed E-state index contributed by atoms with van der Waals surface area (Å²) in [6.45, 7) is 4.69. The molecule has 0 saturated heterocycles. The van der Waals surface area contributed by atoms with Gasteiger partial charge in [0.2, 0.25) is 0 Å². The summed E-state index contributed by atoms with van der Waals surface area (Å²) < 4.78 is 39.6. The second-order valence-corrected chi connectivity index (χ2v) is 3.31. The minimum atomic E-state index is -4.25. The topological polar surface area (TPSA) is 45.7 Å². The number of nitrogens with zero attached hydrogens (tertiary/aromatic N) is 1. The molecule has 0 aliphatic heterocycles. The van der Waals surface area contributed by atoms with Crippen LogP contribution in [0.3, 0.4) is 0 Å². The summed E-state index contributed by atoms with van der Waals surface area (Å²) in [4.78, 5) is 4.17. The maximum Gasteiger partial charge on any atom is 0.411 e. The van der Waals surface area contributed by atoms with E-state index in [1.165, 1.54) is 0 Å². The normalized spacial score (nSPS) is 11.1. The third-order valence-electron chi connectivity index (χ3n) is 1.67. The maximum atomic E-state index is 11.7. The summed E-state index contributed by atoms with van der Waals surface area (Å²) in [7, 11) is 0. The van der Waals surface area contributed by atoms with Gasteiger partial charge in [0.15, 0.2) is 5.96 Å². The van der Waals surface area contributed by atoms with Gasteiger partial charge in [0, 0.05) is 26.2 Å². The zero-order chi connectivity index (χ0) is 13.1. The lowest BCUT2D eigenvalue weighted by molar-refractivity contribution is -0.173. The lowest BCUT2D eigenvalue weighted by Crippen LogP contribution is -2.37. The van der Waals surface area contributed by atoms with Crippen LogP contribution in [0.4, 0.5) is 13.2 Å². The van der Waals surface area contributed by atoms with Gasteiger partial charge in [0.25, 0.3) is 0 Å². The van der Waals surface area contributed by atoms with Crippen molar-refractivity contribution in [3.05, 3.63) is 0 Å². The molecule has 7 heteroatoms. The number of guanidine groups is 1. The number of alkyl halides is 3. The zero-order valence-electron chi connectivity index (χ0n) is 10.2. The molecule has 0 rings (SSSR count). The summed E-state index contributed by atoms with van der Waals surface area (Å²) in [5, 5.41) is 6.03. The molecule has 0 aromatic rings. The first-order valence-corrected chi connectivity index (χ1v) is 5.66. The number of aliphatic imine (C=N–C) groups is 1. The fourth-order valence-electron chi connectivity index (χ4n) is 1.05. The predicted molar refractivity (Wildman–Crippen MR) is 61.1 cm³/mol. The third-order valence-corrected chi connectivity index (χ3v) is 1.67. The smallest absolute Gasteiger partial charge is 0.372 e. The monoisotopic (exact) mass is 255 g/mol. The molecule has 0 aliphatic carbocycles. The molecule has 0 fully saturated rings. The summed E-state index contributed by atoms with van der Waals surface area (Å²) >= 11 is 0. The van der Waals surface area contributed by atoms with E-state index in [-0.39, 0.29) is 6.61 Å². The molecule has 0 atom stereocenters. The van der Waals surface area contributed by atoms with Gasteiger partial charge in [-0.15, -0.1) is 0 Å². The molecule has 0 aliphatic rings. The van der Waals surface area contributed by atoms with Gasteiger partial charge >= 0.3 is 6.18 Å². The number of nitrogens with one attached hydrogen (secondary N) is 2. The van der Waals surface area contributed by atoms with Gasteiger partial charge in [-0.25, -0.2) is 0 Å². The third kappa shape index (κ3) is 11.3. The first-order valence-electron chi connectivity index (χ1n) is 5.66. The molecule has 102 valence electrons. The van der Waals surface area contributed by atoms with Crippen molar-refractivity contribution in [1.82, 2.24) is 10.6 Å². The first kappa shape index (κ1) is 16.0. The Balaban J connectivity index is 3.62. The fourth-order valence-corrected chi connectivity index (χ4v) is 1.05. The standard InChI is InChI=1S/C10H20F3N3O/c1-3-14-9(15-4-2)16-6-5-7-17-8-10(11,12)13/h3-8H2,1-2H3,(H2,14,15,16). The minimum Gasteiger partial charge on any atom is -0.372 e. The Morgan fingerprint density at radius 2 is 1.76 bits per heavy atom. The fraction of sp³-hybridized carbons (Fsp3) is 0.900.